The van der Waals surface area contributed by atoms with Crippen LogP contribution in [0.15, 0.2) is 29.1 Å². The minimum Gasteiger partial charge on any atom is -0.435 e. The van der Waals surface area contributed by atoms with Crippen molar-refractivity contribution in [1.29, 1.82) is 0 Å². The summed E-state index contributed by atoms with van der Waals surface area (Å²) in [5.74, 6) is 1.00. The van der Waals surface area contributed by atoms with Gasteiger partial charge in [-0.2, -0.15) is 5.10 Å². The molecule has 0 radical (unpaired) electrons. The van der Waals surface area contributed by atoms with Crippen LogP contribution in [0.5, 0.6) is 11.6 Å². The van der Waals surface area contributed by atoms with Gasteiger partial charge in [0.1, 0.15) is 0 Å². The predicted molar refractivity (Wildman–Crippen MR) is 65.8 cm³/mol. The van der Waals surface area contributed by atoms with E-state index in [-0.39, 0.29) is 6.61 Å². The number of hydrogen-bond acceptors (Lipinski definition) is 4. The first-order valence-corrected chi connectivity index (χ1v) is 5.97. The smallest absolute Gasteiger partial charge is 0.224 e. The van der Waals surface area contributed by atoms with E-state index in [1.807, 2.05) is 6.92 Å². The van der Waals surface area contributed by atoms with Crippen LogP contribution in [-0.2, 0) is 13.2 Å². The summed E-state index contributed by atoms with van der Waals surface area (Å²) < 4.78 is 8.12. The molecule has 0 saturated carbocycles. The van der Waals surface area contributed by atoms with Crippen LogP contribution in [-0.4, -0.2) is 19.9 Å². The molecule has 0 aromatic carbocycles. The van der Waals surface area contributed by atoms with Crippen molar-refractivity contribution in [3.05, 3.63) is 34.7 Å². The number of rotatable bonds is 4. The molecule has 0 aliphatic rings. The van der Waals surface area contributed by atoms with Crippen LogP contribution in [0.4, 0.5) is 0 Å². The zero-order chi connectivity index (χ0) is 12.3. The summed E-state index contributed by atoms with van der Waals surface area (Å²) in [5.41, 5.74) is 0.628. The molecular weight excluding hydrogens is 286 g/mol. The van der Waals surface area contributed by atoms with Gasteiger partial charge in [0.25, 0.3) is 0 Å². The number of pyridine rings is 1. The Hall–Kier alpha value is -1.40. The van der Waals surface area contributed by atoms with Crippen molar-refractivity contribution in [2.75, 3.05) is 0 Å². The third-order valence-corrected chi connectivity index (χ3v) is 2.64. The van der Waals surface area contributed by atoms with Gasteiger partial charge in [0, 0.05) is 22.8 Å². The number of aryl methyl sites for hydroxylation is 1. The van der Waals surface area contributed by atoms with Crippen LogP contribution in [0.3, 0.4) is 0 Å². The van der Waals surface area contributed by atoms with Crippen LogP contribution in [0.25, 0.3) is 0 Å². The van der Waals surface area contributed by atoms with Crippen molar-refractivity contribution in [3.8, 4) is 11.6 Å². The van der Waals surface area contributed by atoms with Gasteiger partial charge in [-0.25, -0.2) is 4.98 Å². The van der Waals surface area contributed by atoms with E-state index in [4.69, 9.17) is 4.74 Å². The maximum absolute atomic E-state index is 9.21. The lowest BCUT2D eigenvalue weighted by Gasteiger charge is -2.06. The van der Waals surface area contributed by atoms with E-state index in [0.29, 0.717) is 17.2 Å². The molecule has 0 unspecified atom stereocenters. The standard InChI is InChI=1S/C11H12BrN3O2/c1-2-15-6-10(5-14-15)17-11-8(7-16)3-9(12)4-13-11/h3-6,16H,2,7H2,1H3. The molecule has 0 saturated heterocycles. The molecule has 0 atom stereocenters. The first-order chi connectivity index (χ1) is 8.22. The second-order valence-corrected chi connectivity index (χ2v) is 4.33. The van der Waals surface area contributed by atoms with Gasteiger partial charge in [0.15, 0.2) is 5.75 Å². The molecule has 6 heteroatoms. The number of ether oxygens (including phenoxy) is 1. The molecular formula is C11H12BrN3O2. The van der Waals surface area contributed by atoms with Crippen molar-refractivity contribution < 1.29 is 9.84 Å². The van der Waals surface area contributed by atoms with Gasteiger partial charge >= 0.3 is 0 Å². The molecule has 0 spiro atoms. The molecule has 1 N–H and O–H groups in total. The Kier molecular flexibility index (Phi) is 3.75. The van der Waals surface area contributed by atoms with Crippen molar-refractivity contribution in [2.24, 2.45) is 0 Å². The Balaban J connectivity index is 2.23. The molecule has 0 fully saturated rings. The van der Waals surface area contributed by atoms with E-state index in [9.17, 15) is 5.11 Å². The lowest BCUT2D eigenvalue weighted by Crippen LogP contribution is -1.95. The third kappa shape index (κ3) is 2.83. The number of halogens is 1. The van der Waals surface area contributed by atoms with E-state index in [2.05, 4.69) is 26.0 Å². The van der Waals surface area contributed by atoms with Gasteiger partial charge in [-0.1, -0.05) is 0 Å². The van der Waals surface area contributed by atoms with Gasteiger partial charge < -0.3 is 9.84 Å². The SMILES string of the molecule is CCn1cc(Oc2ncc(Br)cc2CO)cn1. The van der Waals surface area contributed by atoms with E-state index < -0.39 is 0 Å². The molecule has 2 aromatic rings. The Morgan fingerprint density at radius 1 is 1.47 bits per heavy atom. The summed E-state index contributed by atoms with van der Waals surface area (Å²) >= 11 is 3.29. The molecule has 17 heavy (non-hydrogen) atoms. The Labute approximate surface area is 107 Å². The van der Waals surface area contributed by atoms with E-state index in [1.54, 1.807) is 29.3 Å². The fourth-order valence-electron chi connectivity index (χ4n) is 1.36. The third-order valence-electron chi connectivity index (χ3n) is 2.21. The molecule has 90 valence electrons. The van der Waals surface area contributed by atoms with Crippen LogP contribution < -0.4 is 4.74 Å². The highest BCUT2D eigenvalue weighted by Gasteiger charge is 2.08. The maximum Gasteiger partial charge on any atom is 0.224 e. The quantitative estimate of drug-likeness (QED) is 0.941. The number of hydrogen-bond donors (Lipinski definition) is 1. The molecule has 2 rings (SSSR count). The largest absolute Gasteiger partial charge is 0.435 e. The van der Waals surface area contributed by atoms with E-state index in [0.717, 1.165) is 11.0 Å². The second-order valence-electron chi connectivity index (χ2n) is 3.41. The average Bonchev–Trinajstić information content (AvgIpc) is 2.79. The molecule has 2 heterocycles. The van der Waals surface area contributed by atoms with Gasteiger partial charge in [-0.15, -0.1) is 0 Å². The Bertz CT molecular complexity index is 513. The van der Waals surface area contributed by atoms with Crippen molar-refractivity contribution in [2.45, 2.75) is 20.1 Å². The normalized spacial score (nSPS) is 10.5. The minimum atomic E-state index is -0.121. The number of aliphatic hydroxyl groups excluding tert-OH is 1. The average molecular weight is 298 g/mol. The van der Waals surface area contributed by atoms with Crippen molar-refractivity contribution in [1.82, 2.24) is 14.8 Å². The first kappa shape index (κ1) is 12.1. The van der Waals surface area contributed by atoms with Gasteiger partial charge in [-0.3, -0.25) is 4.68 Å². The van der Waals surface area contributed by atoms with Crippen molar-refractivity contribution >= 4 is 15.9 Å². The fraction of sp³-hybridized carbons (Fsp3) is 0.273. The molecule has 0 amide bonds. The van der Waals surface area contributed by atoms with Crippen LogP contribution in [0, 0.1) is 0 Å². The summed E-state index contributed by atoms with van der Waals surface area (Å²) in [6.45, 7) is 2.65. The highest BCUT2D eigenvalue weighted by Crippen LogP contribution is 2.25. The topological polar surface area (TPSA) is 60.2 Å². The highest BCUT2D eigenvalue weighted by atomic mass is 79.9. The summed E-state index contributed by atoms with van der Waals surface area (Å²) in [6.07, 6.45) is 5.03. The number of aliphatic hydroxyl groups is 1. The number of aromatic nitrogens is 3. The molecule has 0 aliphatic carbocycles. The maximum atomic E-state index is 9.21. The van der Waals surface area contributed by atoms with E-state index >= 15 is 0 Å². The van der Waals surface area contributed by atoms with Gasteiger partial charge in [-0.05, 0) is 28.9 Å². The zero-order valence-corrected chi connectivity index (χ0v) is 10.9. The monoisotopic (exact) mass is 297 g/mol. The van der Waals surface area contributed by atoms with Crippen molar-refractivity contribution in [3.63, 3.8) is 0 Å². The summed E-state index contributed by atoms with van der Waals surface area (Å²) in [4.78, 5) is 4.11. The summed E-state index contributed by atoms with van der Waals surface area (Å²) in [5, 5.41) is 13.3. The van der Waals surface area contributed by atoms with E-state index in [1.165, 1.54) is 0 Å². The predicted octanol–water partition coefficient (Wildman–Crippen LogP) is 2.35. The van der Waals surface area contributed by atoms with Crippen LogP contribution in [0.2, 0.25) is 0 Å². The van der Waals surface area contributed by atoms with Crippen LogP contribution >= 0.6 is 15.9 Å². The van der Waals surface area contributed by atoms with Crippen LogP contribution in [0.1, 0.15) is 12.5 Å². The highest BCUT2D eigenvalue weighted by molar-refractivity contribution is 9.10. The minimum absolute atomic E-state index is 0.121. The Morgan fingerprint density at radius 3 is 2.94 bits per heavy atom. The van der Waals surface area contributed by atoms with Gasteiger partial charge in [0.2, 0.25) is 5.88 Å². The molecule has 5 nitrogen and oxygen atoms in total. The molecule has 0 bridgehead atoms. The molecule has 2 aromatic heterocycles. The summed E-state index contributed by atoms with van der Waals surface area (Å²) in [6, 6.07) is 1.77. The van der Waals surface area contributed by atoms with Gasteiger partial charge in [0.05, 0.1) is 19.0 Å². The number of nitrogens with zero attached hydrogens (tertiary/aromatic N) is 3. The molecule has 0 aliphatic heterocycles. The zero-order valence-electron chi connectivity index (χ0n) is 9.30. The second kappa shape index (κ2) is 5.29. The fourth-order valence-corrected chi connectivity index (χ4v) is 1.73. The lowest BCUT2D eigenvalue weighted by atomic mass is 10.3. The Morgan fingerprint density at radius 2 is 2.29 bits per heavy atom. The lowest BCUT2D eigenvalue weighted by molar-refractivity contribution is 0.275. The summed E-state index contributed by atoms with van der Waals surface area (Å²) in [7, 11) is 0. The first-order valence-electron chi connectivity index (χ1n) is 5.18.